The number of aryl methyl sites for hydroxylation is 1. The van der Waals surface area contributed by atoms with Crippen LogP contribution < -0.4 is 5.32 Å². The van der Waals surface area contributed by atoms with Gasteiger partial charge in [0.1, 0.15) is 11.9 Å². The number of nitriles is 1. The standard InChI is InChI=1S/C17H15N3O/c18-10-12-5-8-16(19-11-12)20-17(21)15-7-6-13-3-1-2-4-14(13)9-15/h1-5,8,11,15H,6-7,9H2,(H,19,20,21). The molecular formula is C17H15N3O. The van der Waals surface area contributed by atoms with Gasteiger partial charge in [-0.3, -0.25) is 4.79 Å². The zero-order valence-electron chi connectivity index (χ0n) is 11.5. The van der Waals surface area contributed by atoms with Crippen LogP contribution in [0.2, 0.25) is 0 Å². The van der Waals surface area contributed by atoms with E-state index in [0.717, 1.165) is 19.3 Å². The number of nitrogens with one attached hydrogen (secondary N) is 1. The Morgan fingerprint density at radius 3 is 2.76 bits per heavy atom. The minimum Gasteiger partial charge on any atom is -0.310 e. The van der Waals surface area contributed by atoms with E-state index in [1.807, 2.05) is 18.2 Å². The van der Waals surface area contributed by atoms with Crippen LogP contribution in [0, 0.1) is 17.2 Å². The molecule has 0 spiro atoms. The van der Waals surface area contributed by atoms with Crippen molar-refractivity contribution in [3.8, 4) is 6.07 Å². The molecule has 1 unspecified atom stereocenters. The number of benzene rings is 1. The van der Waals surface area contributed by atoms with Gasteiger partial charge in [-0.15, -0.1) is 0 Å². The van der Waals surface area contributed by atoms with Crippen molar-refractivity contribution in [2.24, 2.45) is 5.92 Å². The van der Waals surface area contributed by atoms with Gasteiger partial charge in [0.25, 0.3) is 0 Å². The lowest BCUT2D eigenvalue weighted by Crippen LogP contribution is -2.28. The first kappa shape index (κ1) is 13.3. The summed E-state index contributed by atoms with van der Waals surface area (Å²) in [5.41, 5.74) is 3.09. The van der Waals surface area contributed by atoms with Gasteiger partial charge < -0.3 is 5.32 Å². The van der Waals surface area contributed by atoms with E-state index in [9.17, 15) is 4.79 Å². The SMILES string of the molecule is N#Cc1ccc(NC(=O)C2CCc3ccccc3C2)nc1. The monoisotopic (exact) mass is 277 g/mol. The molecule has 0 fully saturated rings. The van der Waals surface area contributed by atoms with Gasteiger partial charge in [0.15, 0.2) is 0 Å². The maximum Gasteiger partial charge on any atom is 0.228 e. The minimum atomic E-state index is -0.0163. The zero-order valence-corrected chi connectivity index (χ0v) is 11.5. The number of carbonyl (C=O) groups excluding carboxylic acids is 1. The van der Waals surface area contributed by atoms with Gasteiger partial charge in [-0.2, -0.15) is 5.26 Å². The van der Waals surface area contributed by atoms with Crippen LogP contribution in [0.4, 0.5) is 5.82 Å². The molecule has 1 aromatic heterocycles. The first-order valence-electron chi connectivity index (χ1n) is 7.00. The molecule has 1 N–H and O–H groups in total. The molecule has 1 atom stereocenters. The van der Waals surface area contributed by atoms with E-state index in [1.54, 1.807) is 12.1 Å². The molecular weight excluding hydrogens is 262 g/mol. The van der Waals surface area contributed by atoms with E-state index in [4.69, 9.17) is 5.26 Å². The van der Waals surface area contributed by atoms with Crippen molar-refractivity contribution in [2.45, 2.75) is 19.3 Å². The molecule has 104 valence electrons. The number of fused-ring (bicyclic) bond motifs is 1. The van der Waals surface area contributed by atoms with Crippen LogP contribution in [0.5, 0.6) is 0 Å². The van der Waals surface area contributed by atoms with Gasteiger partial charge in [-0.05, 0) is 42.5 Å². The van der Waals surface area contributed by atoms with Crippen molar-refractivity contribution < 1.29 is 4.79 Å². The number of carbonyl (C=O) groups is 1. The molecule has 1 aliphatic carbocycles. The summed E-state index contributed by atoms with van der Waals surface area (Å²) < 4.78 is 0. The van der Waals surface area contributed by atoms with Crippen LogP contribution in [0.1, 0.15) is 23.1 Å². The van der Waals surface area contributed by atoms with Gasteiger partial charge in [0.2, 0.25) is 5.91 Å². The predicted octanol–water partition coefficient (Wildman–Crippen LogP) is 2.70. The quantitative estimate of drug-likeness (QED) is 0.917. The normalized spacial score (nSPS) is 16.6. The van der Waals surface area contributed by atoms with E-state index in [2.05, 4.69) is 22.4 Å². The Bertz CT molecular complexity index is 701. The van der Waals surface area contributed by atoms with Crippen LogP contribution in [-0.2, 0) is 17.6 Å². The van der Waals surface area contributed by atoms with E-state index in [1.165, 1.54) is 17.3 Å². The summed E-state index contributed by atoms with van der Waals surface area (Å²) in [6.07, 6.45) is 4.04. The van der Waals surface area contributed by atoms with Crippen molar-refractivity contribution >= 4 is 11.7 Å². The summed E-state index contributed by atoms with van der Waals surface area (Å²) in [4.78, 5) is 16.4. The molecule has 1 aromatic carbocycles. The van der Waals surface area contributed by atoms with E-state index in [0.29, 0.717) is 11.4 Å². The summed E-state index contributed by atoms with van der Waals surface area (Å²) in [5, 5.41) is 11.6. The summed E-state index contributed by atoms with van der Waals surface area (Å²) >= 11 is 0. The summed E-state index contributed by atoms with van der Waals surface area (Å²) in [5.74, 6) is 0.483. The number of hydrogen-bond acceptors (Lipinski definition) is 3. The average Bonchev–Trinajstić information content (AvgIpc) is 2.55. The van der Waals surface area contributed by atoms with Gasteiger partial charge in [0, 0.05) is 12.1 Å². The maximum atomic E-state index is 12.3. The number of pyridine rings is 1. The Hall–Kier alpha value is -2.67. The van der Waals surface area contributed by atoms with Crippen LogP contribution in [0.25, 0.3) is 0 Å². The molecule has 0 bridgehead atoms. The molecule has 3 rings (SSSR count). The van der Waals surface area contributed by atoms with Gasteiger partial charge >= 0.3 is 0 Å². The molecule has 21 heavy (non-hydrogen) atoms. The second-order valence-corrected chi connectivity index (χ2v) is 5.24. The number of hydrogen-bond donors (Lipinski definition) is 1. The Kier molecular flexibility index (Phi) is 3.65. The molecule has 0 aliphatic heterocycles. The van der Waals surface area contributed by atoms with Gasteiger partial charge in [-0.1, -0.05) is 24.3 Å². The van der Waals surface area contributed by atoms with Crippen molar-refractivity contribution in [3.63, 3.8) is 0 Å². The van der Waals surface area contributed by atoms with Gasteiger partial charge in [-0.25, -0.2) is 4.98 Å². The van der Waals surface area contributed by atoms with Crippen molar-refractivity contribution in [2.75, 3.05) is 5.32 Å². The number of nitrogens with zero attached hydrogens (tertiary/aromatic N) is 2. The highest BCUT2D eigenvalue weighted by Gasteiger charge is 2.24. The zero-order chi connectivity index (χ0) is 14.7. The third-order valence-electron chi connectivity index (χ3n) is 3.86. The highest BCUT2D eigenvalue weighted by Crippen LogP contribution is 2.26. The van der Waals surface area contributed by atoms with Crippen LogP contribution >= 0.6 is 0 Å². The Labute approximate surface area is 123 Å². The first-order valence-corrected chi connectivity index (χ1v) is 7.00. The fraction of sp³-hybridized carbons (Fsp3) is 0.235. The van der Waals surface area contributed by atoms with E-state index < -0.39 is 0 Å². The Balaban J connectivity index is 1.68. The van der Waals surface area contributed by atoms with Crippen LogP contribution in [-0.4, -0.2) is 10.9 Å². The summed E-state index contributed by atoms with van der Waals surface area (Å²) in [6.45, 7) is 0. The highest BCUT2D eigenvalue weighted by atomic mass is 16.1. The number of aromatic nitrogens is 1. The number of amides is 1. The lowest BCUT2D eigenvalue weighted by molar-refractivity contribution is -0.120. The molecule has 0 saturated heterocycles. The maximum absolute atomic E-state index is 12.3. The number of anilines is 1. The lowest BCUT2D eigenvalue weighted by Gasteiger charge is -2.23. The summed E-state index contributed by atoms with van der Waals surface area (Å²) in [7, 11) is 0. The molecule has 0 radical (unpaired) electrons. The predicted molar refractivity (Wildman–Crippen MR) is 79.5 cm³/mol. The smallest absolute Gasteiger partial charge is 0.228 e. The first-order chi connectivity index (χ1) is 10.3. The topological polar surface area (TPSA) is 65.8 Å². The molecule has 0 saturated carbocycles. The molecule has 1 aliphatic rings. The van der Waals surface area contributed by atoms with Gasteiger partial charge in [0.05, 0.1) is 5.56 Å². The third kappa shape index (κ3) is 2.92. The molecule has 4 nitrogen and oxygen atoms in total. The Morgan fingerprint density at radius 2 is 2.05 bits per heavy atom. The van der Waals surface area contributed by atoms with Crippen molar-refractivity contribution in [1.29, 1.82) is 5.26 Å². The lowest BCUT2D eigenvalue weighted by atomic mass is 9.83. The second-order valence-electron chi connectivity index (χ2n) is 5.24. The molecule has 1 heterocycles. The molecule has 1 amide bonds. The number of rotatable bonds is 2. The van der Waals surface area contributed by atoms with Crippen molar-refractivity contribution in [3.05, 3.63) is 59.3 Å². The summed E-state index contributed by atoms with van der Waals surface area (Å²) in [6, 6.07) is 13.6. The fourth-order valence-electron chi connectivity index (χ4n) is 2.68. The Morgan fingerprint density at radius 1 is 1.24 bits per heavy atom. The largest absolute Gasteiger partial charge is 0.310 e. The fourth-order valence-corrected chi connectivity index (χ4v) is 2.68. The minimum absolute atomic E-state index is 0.00158. The van der Waals surface area contributed by atoms with E-state index in [-0.39, 0.29) is 11.8 Å². The van der Waals surface area contributed by atoms with Crippen LogP contribution in [0.15, 0.2) is 42.6 Å². The van der Waals surface area contributed by atoms with Crippen molar-refractivity contribution in [1.82, 2.24) is 4.98 Å². The average molecular weight is 277 g/mol. The van der Waals surface area contributed by atoms with Crippen LogP contribution in [0.3, 0.4) is 0 Å². The third-order valence-corrected chi connectivity index (χ3v) is 3.86. The van der Waals surface area contributed by atoms with E-state index >= 15 is 0 Å². The second kappa shape index (κ2) is 5.76. The molecule has 2 aromatic rings. The molecule has 4 heteroatoms. The highest BCUT2D eigenvalue weighted by molar-refractivity contribution is 5.92.